The highest BCUT2D eigenvalue weighted by Crippen LogP contribution is 2.19. The van der Waals surface area contributed by atoms with Crippen molar-refractivity contribution in [2.75, 3.05) is 24.2 Å². The maximum Gasteiger partial charge on any atom is 0.258 e. The predicted octanol–water partition coefficient (Wildman–Crippen LogP) is 1.34. The van der Waals surface area contributed by atoms with Gasteiger partial charge >= 0.3 is 0 Å². The van der Waals surface area contributed by atoms with E-state index in [1.54, 1.807) is 13.4 Å². The normalized spacial score (nSPS) is 11.4. The van der Waals surface area contributed by atoms with Crippen molar-refractivity contribution < 1.29 is 0 Å². The van der Waals surface area contributed by atoms with Crippen LogP contribution in [0, 0.1) is 5.41 Å². The Morgan fingerprint density at radius 3 is 2.55 bits per heavy atom. The molecule has 8 nitrogen and oxygen atoms in total. The van der Waals surface area contributed by atoms with E-state index in [1.165, 1.54) is 11.0 Å². The van der Waals surface area contributed by atoms with E-state index in [1.807, 2.05) is 0 Å². The molecule has 0 aromatic carbocycles. The molecule has 0 fully saturated rings. The molecule has 0 aliphatic carbocycles. The van der Waals surface area contributed by atoms with Crippen molar-refractivity contribution in [2.45, 2.75) is 27.2 Å². The van der Waals surface area contributed by atoms with Gasteiger partial charge < -0.3 is 10.6 Å². The van der Waals surface area contributed by atoms with Gasteiger partial charge in [0.15, 0.2) is 0 Å². The highest BCUT2D eigenvalue weighted by molar-refractivity contribution is 5.37. The molecule has 108 valence electrons. The first-order chi connectivity index (χ1) is 9.54. The Balaban J connectivity index is 2.23. The molecule has 0 radical (unpaired) electrons. The van der Waals surface area contributed by atoms with Gasteiger partial charge in [-0.25, -0.2) is 4.98 Å². The van der Waals surface area contributed by atoms with Crippen LogP contribution in [0.3, 0.4) is 0 Å². The quantitative estimate of drug-likeness (QED) is 0.822. The van der Waals surface area contributed by atoms with Gasteiger partial charge in [0, 0.05) is 13.6 Å². The second kappa shape index (κ2) is 5.81. The summed E-state index contributed by atoms with van der Waals surface area (Å²) < 4.78 is 1.50. The van der Waals surface area contributed by atoms with Crippen LogP contribution in [-0.4, -0.2) is 43.3 Å². The first-order valence-corrected chi connectivity index (χ1v) is 6.57. The number of anilines is 2. The third kappa shape index (κ3) is 3.40. The van der Waals surface area contributed by atoms with Gasteiger partial charge in [0.25, 0.3) is 5.95 Å². The molecule has 20 heavy (non-hydrogen) atoms. The third-order valence-electron chi connectivity index (χ3n) is 3.15. The number of nitrogens with zero attached hydrogens (tertiary/aromatic N) is 6. The Kier molecular flexibility index (Phi) is 4.11. The molecule has 0 amide bonds. The van der Waals surface area contributed by atoms with Crippen molar-refractivity contribution in [2.24, 2.45) is 5.41 Å². The van der Waals surface area contributed by atoms with Crippen molar-refractivity contribution in [1.29, 1.82) is 0 Å². The van der Waals surface area contributed by atoms with Gasteiger partial charge in [-0.2, -0.15) is 24.7 Å². The fourth-order valence-electron chi connectivity index (χ4n) is 1.41. The molecule has 2 rings (SSSR count). The van der Waals surface area contributed by atoms with E-state index < -0.39 is 0 Å². The van der Waals surface area contributed by atoms with Crippen LogP contribution in [0.15, 0.2) is 12.7 Å². The van der Waals surface area contributed by atoms with Gasteiger partial charge in [0.1, 0.15) is 12.7 Å². The fraction of sp³-hybridized carbons (Fsp3) is 0.583. The maximum absolute atomic E-state index is 4.35. The summed E-state index contributed by atoms with van der Waals surface area (Å²) in [7, 11) is 1.76. The second-order valence-electron chi connectivity index (χ2n) is 5.24. The van der Waals surface area contributed by atoms with E-state index in [2.05, 4.69) is 56.4 Å². The molecule has 0 bridgehead atoms. The lowest BCUT2D eigenvalue weighted by molar-refractivity contribution is 0.376. The van der Waals surface area contributed by atoms with Gasteiger partial charge in [-0.05, 0) is 11.8 Å². The molecule has 2 aromatic heterocycles. The van der Waals surface area contributed by atoms with E-state index in [-0.39, 0.29) is 5.41 Å². The SMILES string of the molecule is CCC(C)(C)CNc1nc(NC)nc(-n2cncn2)n1. The summed E-state index contributed by atoms with van der Waals surface area (Å²) in [5.74, 6) is 1.44. The monoisotopic (exact) mass is 276 g/mol. The van der Waals surface area contributed by atoms with Crippen LogP contribution in [0.25, 0.3) is 5.95 Å². The summed E-state index contributed by atoms with van der Waals surface area (Å²) >= 11 is 0. The van der Waals surface area contributed by atoms with Crippen molar-refractivity contribution in [3.8, 4) is 5.95 Å². The van der Waals surface area contributed by atoms with Crippen LogP contribution in [0.1, 0.15) is 27.2 Å². The highest BCUT2D eigenvalue weighted by Gasteiger charge is 2.16. The molecule has 2 heterocycles. The van der Waals surface area contributed by atoms with E-state index in [0.29, 0.717) is 17.8 Å². The van der Waals surface area contributed by atoms with Gasteiger partial charge in [-0.3, -0.25) is 0 Å². The number of nitrogens with one attached hydrogen (secondary N) is 2. The average molecular weight is 276 g/mol. The fourth-order valence-corrected chi connectivity index (χ4v) is 1.41. The molecule has 0 aliphatic heterocycles. The van der Waals surface area contributed by atoms with Crippen LogP contribution in [0.5, 0.6) is 0 Å². The topological polar surface area (TPSA) is 93.4 Å². The van der Waals surface area contributed by atoms with E-state index in [0.717, 1.165) is 13.0 Å². The lowest BCUT2D eigenvalue weighted by Crippen LogP contribution is -2.23. The second-order valence-corrected chi connectivity index (χ2v) is 5.24. The van der Waals surface area contributed by atoms with Gasteiger partial charge in [0.2, 0.25) is 11.9 Å². The summed E-state index contributed by atoms with van der Waals surface area (Å²) in [6.45, 7) is 7.33. The van der Waals surface area contributed by atoms with E-state index in [9.17, 15) is 0 Å². The Morgan fingerprint density at radius 2 is 1.95 bits per heavy atom. The zero-order valence-electron chi connectivity index (χ0n) is 12.3. The van der Waals surface area contributed by atoms with Crippen molar-refractivity contribution in [3.63, 3.8) is 0 Å². The van der Waals surface area contributed by atoms with Crippen LogP contribution < -0.4 is 10.6 Å². The number of hydrogen-bond acceptors (Lipinski definition) is 7. The standard InChI is InChI=1S/C12H20N8/c1-5-12(2,3)6-15-10-17-9(13-4)18-11(19-10)20-8-14-7-16-20/h7-8H,5-6H2,1-4H3,(H2,13,15,17,18,19). The Hall–Kier alpha value is -2.25. The highest BCUT2D eigenvalue weighted by atomic mass is 15.4. The van der Waals surface area contributed by atoms with Crippen LogP contribution in [-0.2, 0) is 0 Å². The molecular formula is C12H20N8. The number of hydrogen-bond donors (Lipinski definition) is 2. The molecule has 0 aliphatic rings. The zero-order chi connectivity index (χ0) is 14.6. The molecule has 0 saturated carbocycles. The van der Waals surface area contributed by atoms with Crippen LogP contribution in [0.2, 0.25) is 0 Å². The molecule has 2 N–H and O–H groups in total. The minimum atomic E-state index is 0.180. The Bertz CT molecular complexity index is 549. The van der Waals surface area contributed by atoms with Crippen molar-refractivity contribution >= 4 is 11.9 Å². The molecule has 0 spiro atoms. The lowest BCUT2D eigenvalue weighted by Gasteiger charge is -2.22. The molecule has 0 saturated heterocycles. The van der Waals surface area contributed by atoms with E-state index >= 15 is 0 Å². The number of rotatable bonds is 6. The summed E-state index contributed by atoms with van der Waals surface area (Å²) in [5.41, 5.74) is 0.180. The van der Waals surface area contributed by atoms with Crippen molar-refractivity contribution in [1.82, 2.24) is 29.7 Å². The molecule has 0 atom stereocenters. The molecular weight excluding hydrogens is 256 g/mol. The number of aromatic nitrogens is 6. The summed E-state index contributed by atoms with van der Waals surface area (Å²) in [5, 5.41) is 10.2. The van der Waals surface area contributed by atoms with Crippen LogP contribution in [0.4, 0.5) is 11.9 Å². The predicted molar refractivity (Wildman–Crippen MR) is 76.9 cm³/mol. The summed E-state index contributed by atoms with van der Waals surface area (Å²) in [6.07, 6.45) is 4.06. The minimum absolute atomic E-state index is 0.180. The molecule has 8 heteroatoms. The lowest BCUT2D eigenvalue weighted by atomic mass is 9.90. The first kappa shape index (κ1) is 14.2. The van der Waals surface area contributed by atoms with Crippen LogP contribution >= 0.6 is 0 Å². The summed E-state index contributed by atoms with van der Waals surface area (Å²) in [6, 6.07) is 0. The third-order valence-corrected chi connectivity index (χ3v) is 3.15. The first-order valence-electron chi connectivity index (χ1n) is 6.57. The average Bonchev–Trinajstić information content (AvgIpc) is 2.99. The maximum atomic E-state index is 4.35. The molecule has 2 aromatic rings. The molecule has 0 unspecified atom stereocenters. The van der Waals surface area contributed by atoms with Gasteiger partial charge in [-0.15, -0.1) is 0 Å². The Labute approximate surface area is 118 Å². The summed E-state index contributed by atoms with van der Waals surface area (Å²) in [4.78, 5) is 16.8. The van der Waals surface area contributed by atoms with Crippen molar-refractivity contribution in [3.05, 3.63) is 12.7 Å². The zero-order valence-corrected chi connectivity index (χ0v) is 12.3. The minimum Gasteiger partial charge on any atom is -0.357 e. The van der Waals surface area contributed by atoms with Gasteiger partial charge in [0.05, 0.1) is 0 Å². The van der Waals surface area contributed by atoms with Gasteiger partial charge in [-0.1, -0.05) is 20.8 Å². The van der Waals surface area contributed by atoms with E-state index in [4.69, 9.17) is 0 Å². The Morgan fingerprint density at radius 1 is 1.20 bits per heavy atom. The largest absolute Gasteiger partial charge is 0.357 e. The smallest absolute Gasteiger partial charge is 0.258 e.